The Bertz CT molecular complexity index is 1380. The van der Waals surface area contributed by atoms with Crippen LogP contribution in [-0.2, 0) is 0 Å². The number of carbonyl (C=O) groups excluding carboxylic acids is 1. The Hall–Kier alpha value is -3.78. The molecule has 0 spiro atoms. The number of nitrogens with zero attached hydrogens (tertiary/aromatic N) is 1. The summed E-state index contributed by atoms with van der Waals surface area (Å²) in [6.07, 6.45) is 0. The van der Waals surface area contributed by atoms with Gasteiger partial charge in [-0.3, -0.25) is 14.2 Å². The number of amides is 1. The summed E-state index contributed by atoms with van der Waals surface area (Å²) in [5.41, 5.74) is 1.39. The fourth-order valence-electron chi connectivity index (χ4n) is 3.13. The molecule has 0 radical (unpaired) electrons. The molecule has 0 saturated carbocycles. The number of fused-ring (bicyclic) bond motifs is 1. The van der Waals surface area contributed by atoms with Crippen molar-refractivity contribution in [1.29, 1.82) is 0 Å². The molecular weight excluding hydrogens is 405 g/mol. The highest BCUT2D eigenvalue weighted by molar-refractivity contribution is 7.71. The minimum Gasteiger partial charge on any atom is -0.495 e. The first-order valence-electron chi connectivity index (χ1n) is 8.97. The van der Waals surface area contributed by atoms with Crippen LogP contribution in [0, 0.1) is 10.6 Å². The van der Waals surface area contributed by atoms with Gasteiger partial charge in [-0.25, -0.2) is 4.39 Å². The number of aromatic nitrogens is 2. The number of aromatic amines is 1. The number of carbonyl (C=O) groups is 1. The Balaban J connectivity index is 1.74. The number of nitrogens with one attached hydrogen (secondary N) is 2. The molecule has 0 aliphatic heterocycles. The molecule has 0 bridgehead atoms. The maximum atomic E-state index is 13.2. The van der Waals surface area contributed by atoms with Gasteiger partial charge in [-0.2, -0.15) is 0 Å². The summed E-state index contributed by atoms with van der Waals surface area (Å²) in [5.74, 6) is -0.232. The third-order valence-corrected chi connectivity index (χ3v) is 4.88. The van der Waals surface area contributed by atoms with Crippen LogP contribution < -0.4 is 15.6 Å². The van der Waals surface area contributed by atoms with Gasteiger partial charge in [0.1, 0.15) is 11.6 Å². The molecule has 0 aliphatic rings. The van der Waals surface area contributed by atoms with E-state index in [9.17, 15) is 14.0 Å². The molecule has 0 saturated heterocycles. The highest BCUT2D eigenvalue weighted by Gasteiger charge is 2.13. The van der Waals surface area contributed by atoms with Gasteiger partial charge in [-0.05, 0) is 66.8 Å². The Morgan fingerprint density at radius 1 is 1.10 bits per heavy atom. The Kier molecular flexibility index (Phi) is 5.16. The lowest BCUT2D eigenvalue weighted by atomic mass is 10.1. The number of para-hydroxylation sites is 2. The van der Waals surface area contributed by atoms with E-state index < -0.39 is 5.82 Å². The van der Waals surface area contributed by atoms with Gasteiger partial charge in [0, 0.05) is 5.56 Å². The topological polar surface area (TPSA) is 76.1 Å². The first kappa shape index (κ1) is 19.5. The van der Waals surface area contributed by atoms with Crippen molar-refractivity contribution in [2.45, 2.75) is 0 Å². The van der Waals surface area contributed by atoms with E-state index >= 15 is 0 Å². The van der Waals surface area contributed by atoms with Crippen LogP contribution >= 0.6 is 12.2 Å². The highest BCUT2D eigenvalue weighted by atomic mass is 32.1. The number of hydrogen-bond acceptors (Lipinski definition) is 4. The van der Waals surface area contributed by atoms with E-state index in [-0.39, 0.29) is 16.2 Å². The molecule has 4 aromatic rings. The predicted octanol–water partition coefficient (Wildman–Crippen LogP) is 4.45. The second-order valence-corrected chi connectivity index (χ2v) is 6.85. The van der Waals surface area contributed by atoms with E-state index in [0.29, 0.717) is 33.6 Å². The van der Waals surface area contributed by atoms with Crippen molar-refractivity contribution in [3.8, 4) is 11.4 Å². The van der Waals surface area contributed by atoms with E-state index in [1.165, 1.54) is 35.9 Å². The zero-order valence-electron chi connectivity index (χ0n) is 15.8. The maximum absolute atomic E-state index is 13.2. The molecule has 0 unspecified atom stereocenters. The lowest BCUT2D eigenvalue weighted by Crippen LogP contribution is -2.21. The SMILES string of the molecule is COc1ccccc1NC(=O)c1ccc2c(=O)n(-c3ccc(F)cc3)c(=S)[nH]c2c1. The number of H-pyrrole nitrogens is 1. The van der Waals surface area contributed by atoms with Crippen molar-refractivity contribution in [2.24, 2.45) is 0 Å². The van der Waals surface area contributed by atoms with Crippen molar-refractivity contribution in [3.05, 3.63) is 93.2 Å². The van der Waals surface area contributed by atoms with Gasteiger partial charge in [0.05, 0.1) is 29.4 Å². The second kappa shape index (κ2) is 7.92. The van der Waals surface area contributed by atoms with Gasteiger partial charge in [0.25, 0.3) is 11.5 Å². The Morgan fingerprint density at radius 2 is 1.83 bits per heavy atom. The van der Waals surface area contributed by atoms with Crippen molar-refractivity contribution in [2.75, 3.05) is 12.4 Å². The monoisotopic (exact) mass is 421 g/mol. The number of rotatable bonds is 4. The van der Waals surface area contributed by atoms with Crippen LogP contribution in [0.5, 0.6) is 5.75 Å². The van der Waals surface area contributed by atoms with E-state index in [4.69, 9.17) is 17.0 Å². The molecule has 0 atom stereocenters. The van der Waals surface area contributed by atoms with Crippen LogP contribution in [0.3, 0.4) is 0 Å². The van der Waals surface area contributed by atoms with Crippen LogP contribution in [0.2, 0.25) is 0 Å². The van der Waals surface area contributed by atoms with Crippen molar-refractivity contribution >= 4 is 34.7 Å². The van der Waals surface area contributed by atoms with Crippen LogP contribution in [0.25, 0.3) is 16.6 Å². The molecule has 3 aromatic carbocycles. The summed E-state index contributed by atoms with van der Waals surface area (Å²) in [6.45, 7) is 0. The van der Waals surface area contributed by atoms with Crippen LogP contribution in [0.15, 0.2) is 71.5 Å². The molecule has 30 heavy (non-hydrogen) atoms. The largest absolute Gasteiger partial charge is 0.495 e. The average molecular weight is 421 g/mol. The zero-order chi connectivity index (χ0) is 21.3. The molecule has 1 heterocycles. The molecule has 0 fully saturated rings. The van der Waals surface area contributed by atoms with E-state index in [0.717, 1.165) is 0 Å². The number of methoxy groups -OCH3 is 1. The number of anilines is 1. The van der Waals surface area contributed by atoms with E-state index in [1.807, 2.05) is 0 Å². The van der Waals surface area contributed by atoms with Gasteiger partial charge in [-0.15, -0.1) is 0 Å². The highest BCUT2D eigenvalue weighted by Crippen LogP contribution is 2.24. The number of ether oxygens (including phenoxy) is 1. The van der Waals surface area contributed by atoms with Crippen molar-refractivity contribution in [3.63, 3.8) is 0 Å². The van der Waals surface area contributed by atoms with Gasteiger partial charge in [0.2, 0.25) is 0 Å². The fourth-order valence-corrected chi connectivity index (χ4v) is 3.42. The number of halogens is 1. The first-order valence-corrected chi connectivity index (χ1v) is 9.38. The second-order valence-electron chi connectivity index (χ2n) is 6.46. The van der Waals surface area contributed by atoms with Crippen LogP contribution in [0.1, 0.15) is 10.4 Å². The normalized spacial score (nSPS) is 10.7. The van der Waals surface area contributed by atoms with Gasteiger partial charge in [0.15, 0.2) is 4.77 Å². The summed E-state index contributed by atoms with van der Waals surface area (Å²) < 4.78 is 19.9. The summed E-state index contributed by atoms with van der Waals surface area (Å²) in [5, 5.41) is 3.14. The van der Waals surface area contributed by atoms with Crippen LogP contribution in [-0.4, -0.2) is 22.6 Å². The molecule has 0 aliphatic carbocycles. The van der Waals surface area contributed by atoms with Crippen molar-refractivity contribution < 1.29 is 13.9 Å². The van der Waals surface area contributed by atoms with Gasteiger partial charge >= 0.3 is 0 Å². The average Bonchev–Trinajstić information content (AvgIpc) is 2.75. The van der Waals surface area contributed by atoms with E-state index in [2.05, 4.69) is 10.3 Å². The summed E-state index contributed by atoms with van der Waals surface area (Å²) in [4.78, 5) is 28.6. The number of benzene rings is 3. The Morgan fingerprint density at radius 3 is 2.57 bits per heavy atom. The molecule has 1 aromatic heterocycles. The molecule has 4 rings (SSSR count). The Labute approximate surface area is 175 Å². The molecule has 2 N–H and O–H groups in total. The zero-order valence-corrected chi connectivity index (χ0v) is 16.6. The fraction of sp³-hybridized carbons (Fsp3) is 0.0455. The minimum absolute atomic E-state index is 0.140. The first-order chi connectivity index (χ1) is 14.5. The lowest BCUT2D eigenvalue weighted by Gasteiger charge is -2.11. The maximum Gasteiger partial charge on any atom is 0.266 e. The smallest absolute Gasteiger partial charge is 0.266 e. The number of hydrogen-bond donors (Lipinski definition) is 2. The third kappa shape index (κ3) is 3.60. The van der Waals surface area contributed by atoms with Gasteiger partial charge in [-0.1, -0.05) is 12.1 Å². The van der Waals surface area contributed by atoms with E-state index in [1.54, 1.807) is 42.5 Å². The lowest BCUT2D eigenvalue weighted by molar-refractivity contribution is 0.102. The summed E-state index contributed by atoms with van der Waals surface area (Å²) in [7, 11) is 1.52. The molecule has 8 heteroatoms. The van der Waals surface area contributed by atoms with Gasteiger partial charge < -0.3 is 15.0 Å². The molecule has 1 amide bonds. The standard InChI is InChI=1S/C22H16FN3O3S/c1-29-19-5-3-2-4-17(19)24-20(27)13-6-11-16-18(12-13)25-22(30)26(21(16)28)15-9-7-14(23)8-10-15/h2-12H,1H3,(H,24,27)(H,25,30). The predicted molar refractivity (Wildman–Crippen MR) is 116 cm³/mol. The van der Waals surface area contributed by atoms with Crippen molar-refractivity contribution in [1.82, 2.24) is 9.55 Å². The quantitative estimate of drug-likeness (QED) is 0.478. The van der Waals surface area contributed by atoms with Crippen LogP contribution in [0.4, 0.5) is 10.1 Å². The third-order valence-electron chi connectivity index (χ3n) is 4.60. The summed E-state index contributed by atoms with van der Waals surface area (Å²) in [6, 6.07) is 17.2. The minimum atomic E-state index is -0.409. The molecule has 150 valence electrons. The molecule has 6 nitrogen and oxygen atoms in total. The summed E-state index contributed by atoms with van der Waals surface area (Å²) >= 11 is 5.33. The molecular formula is C22H16FN3O3S.